The molecule has 0 atom stereocenters. The summed E-state index contributed by atoms with van der Waals surface area (Å²) in [4.78, 5) is 23.8. The lowest BCUT2D eigenvalue weighted by Crippen LogP contribution is -2.61. The van der Waals surface area contributed by atoms with E-state index in [1.165, 1.54) is 21.5 Å². The van der Waals surface area contributed by atoms with Gasteiger partial charge in [-0.25, -0.2) is 9.45 Å². The molecule has 0 aliphatic carbocycles. The third-order valence-corrected chi connectivity index (χ3v) is 12.2. The van der Waals surface area contributed by atoms with Crippen molar-refractivity contribution >= 4 is 58.6 Å². The maximum Gasteiger partial charge on any atom is 0.279 e. The lowest BCUT2D eigenvalue weighted by molar-refractivity contribution is -0.131. The van der Waals surface area contributed by atoms with E-state index in [1.807, 2.05) is 12.1 Å². The van der Waals surface area contributed by atoms with E-state index in [9.17, 15) is 9.18 Å². The summed E-state index contributed by atoms with van der Waals surface area (Å²) >= 11 is 2.06. The second-order valence-corrected chi connectivity index (χ2v) is 14.8. The molecule has 1 aliphatic heterocycles. The number of halogens is 2. The van der Waals surface area contributed by atoms with Crippen LogP contribution in [0.1, 0.15) is 35.7 Å². The lowest BCUT2D eigenvalue weighted by atomic mass is 10.0. The molecule has 1 N–H and O–H groups in total. The van der Waals surface area contributed by atoms with Crippen molar-refractivity contribution in [2.24, 2.45) is 0 Å². The van der Waals surface area contributed by atoms with Crippen molar-refractivity contribution in [2.75, 3.05) is 25.1 Å². The van der Waals surface area contributed by atoms with Gasteiger partial charge in [0.1, 0.15) is 5.82 Å². The van der Waals surface area contributed by atoms with E-state index in [-0.39, 0.29) is 18.2 Å². The Hall–Kier alpha value is -3.12. The molecule has 4 aromatic rings. The van der Waals surface area contributed by atoms with Crippen molar-refractivity contribution in [3.05, 3.63) is 112 Å². The number of rotatable bonds is 12. The molecule has 2 heterocycles. The normalized spacial score (nSPS) is 13.2. The summed E-state index contributed by atoms with van der Waals surface area (Å²) in [6, 6.07) is 26.9. The number of amides is 1. The van der Waals surface area contributed by atoms with Crippen molar-refractivity contribution in [1.29, 1.82) is 0 Å². The molecule has 0 unspecified atom stereocenters. The number of pyridine rings is 1. The first kappa shape index (κ1) is 29.4. The van der Waals surface area contributed by atoms with Gasteiger partial charge < -0.3 is 9.74 Å². The van der Waals surface area contributed by atoms with Gasteiger partial charge in [-0.1, -0.05) is 80.4 Å². The van der Waals surface area contributed by atoms with E-state index in [1.54, 1.807) is 24.5 Å². The number of fused-ring (bicyclic) bond motifs is 1. The minimum absolute atomic E-state index is 0.237. The number of anilines is 2. The largest absolute Gasteiger partial charge is 0.405 e. The van der Waals surface area contributed by atoms with E-state index in [2.05, 4.69) is 88.3 Å². The molecular formula is C32H33FIN3O3Si. The highest BCUT2D eigenvalue weighted by Crippen LogP contribution is 2.29. The van der Waals surface area contributed by atoms with E-state index in [0.29, 0.717) is 30.8 Å². The summed E-state index contributed by atoms with van der Waals surface area (Å²) in [5, 5.41) is 6.91. The van der Waals surface area contributed by atoms with Crippen LogP contribution in [0.25, 0.3) is 0 Å². The number of nitrogens with one attached hydrogen (secondary N) is 1. The molecular weight excluding hydrogens is 648 g/mol. The number of carbonyl (C=O) groups is 1. The Bertz CT molecular complexity index is 1440. The first-order chi connectivity index (χ1) is 20.0. The maximum atomic E-state index is 14.5. The third kappa shape index (κ3) is 6.69. The van der Waals surface area contributed by atoms with Gasteiger partial charge in [-0.05, 0) is 69.2 Å². The zero-order valence-corrected chi connectivity index (χ0v) is 26.1. The molecule has 212 valence electrons. The fourth-order valence-electron chi connectivity index (χ4n) is 5.25. The second-order valence-electron chi connectivity index (χ2n) is 9.97. The molecule has 1 amide bonds. The number of aromatic nitrogens is 1. The van der Waals surface area contributed by atoms with Crippen LogP contribution >= 0.6 is 22.6 Å². The fourth-order valence-corrected chi connectivity index (χ4v) is 9.83. The molecule has 0 saturated carbocycles. The predicted molar refractivity (Wildman–Crippen MR) is 171 cm³/mol. The van der Waals surface area contributed by atoms with Crippen molar-refractivity contribution in [2.45, 2.75) is 32.2 Å². The van der Waals surface area contributed by atoms with Gasteiger partial charge in [0.25, 0.3) is 14.2 Å². The molecule has 9 heteroatoms. The van der Waals surface area contributed by atoms with Gasteiger partial charge in [0.15, 0.2) is 0 Å². The van der Waals surface area contributed by atoms with Crippen molar-refractivity contribution in [3.8, 4) is 0 Å². The summed E-state index contributed by atoms with van der Waals surface area (Å²) in [5.41, 5.74) is 2.00. The summed E-state index contributed by atoms with van der Waals surface area (Å²) < 4.78 is 22.2. The van der Waals surface area contributed by atoms with Crippen LogP contribution in [-0.2, 0) is 15.7 Å². The van der Waals surface area contributed by atoms with Crippen LogP contribution in [0.5, 0.6) is 0 Å². The zero-order chi connectivity index (χ0) is 28.7. The van der Waals surface area contributed by atoms with Gasteiger partial charge in [0.05, 0.1) is 42.9 Å². The van der Waals surface area contributed by atoms with Crippen LogP contribution in [0.2, 0.25) is 6.04 Å². The number of hydrogen-bond acceptors (Lipinski definition) is 5. The van der Waals surface area contributed by atoms with Gasteiger partial charge in [-0.3, -0.25) is 14.6 Å². The van der Waals surface area contributed by atoms with Crippen LogP contribution in [0.3, 0.4) is 0 Å². The van der Waals surface area contributed by atoms with Crippen LogP contribution < -0.4 is 15.7 Å². The van der Waals surface area contributed by atoms with Crippen molar-refractivity contribution in [3.63, 3.8) is 0 Å². The fraction of sp³-hybridized carbons (Fsp3) is 0.250. The molecule has 0 fully saturated rings. The van der Waals surface area contributed by atoms with E-state index >= 15 is 0 Å². The molecule has 3 aromatic carbocycles. The predicted octanol–water partition coefficient (Wildman–Crippen LogP) is 6.08. The van der Waals surface area contributed by atoms with Crippen LogP contribution in [-0.4, -0.2) is 44.0 Å². The van der Waals surface area contributed by atoms with Crippen molar-refractivity contribution in [1.82, 2.24) is 10.0 Å². The minimum atomic E-state index is -2.53. The summed E-state index contributed by atoms with van der Waals surface area (Å²) in [6.45, 7) is 3.20. The van der Waals surface area contributed by atoms with Crippen LogP contribution in [0.15, 0.2) is 91.3 Å². The van der Waals surface area contributed by atoms with Gasteiger partial charge in [0.2, 0.25) is 0 Å². The molecule has 1 aliphatic rings. The molecule has 41 heavy (non-hydrogen) atoms. The molecule has 5 rings (SSSR count). The molecule has 1 aromatic heterocycles. The Morgan fingerprint density at radius 1 is 0.976 bits per heavy atom. The Morgan fingerprint density at radius 3 is 2.34 bits per heavy atom. The number of unbranched alkanes of at least 4 members (excludes halogenated alkanes) is 1. The lowest BCUT2D eigenvalue weighted by Gasteiger charge is -2.33. The Labute approximate surface area is 255 Å². The van der Waals surface area contributed by atoms with Crippen LogP contribution in [0, 0.1) is 9.39 Å². The quantitative estimate of drug-likeness (QED) is 0.112. The number of hydroxylamine groups is 2. The number of hydrogen-bond donors (Lipinski definition) is 1. The second kappa shape index (κ2) is 13.7. The number of carbonyl (C=O) groups excluding carboxylic acids is 1. The van der Waals surface area contributed by atoms with E-state index < -0.39 is 14.1 Å². The van der Waals surface area contributed by atoms with Crippen LogP contribution in [0.4, 0.5) is 15.8 Å². The average molecular weight is 682 g/mol. The molecule has 0 saturated heterocycles. The van der Waals surface area contributed by atoms with Crippen molar-refractivity contribution < 1.29 is 18.4 Å². The standard InChI is InChI=1S/C32H33FIN3O3Si/c1-2-3-20-41(26-10-6-4-7-11-26,27-12-8-5-9-13-27)40-19-18-39-37-17-16-24-22-35-23-30(31(24)32(37)38)36-29-15-14-25(34)21-28(29)33/h4-15,21-23,36H,2-3,16-20H2,1H3. The Balaban J connectivity index is 1.30. The summed E-state index contributed by atoms with van der Waals surface area (Å²) in [6.07, 6.45) is 5.96. The third-order valence-electron chi connectivity index (χ3n) is 7.29. The molecule has 6 nitrogen and oxygen atoms in total. The summed E-state index contributed by atoms with van der Waals surface area (Å²) in [7, 11) is -2.53. The highest BCUT2D eigenvalue weighted by atomic mass is 127. The zero-order valence-electron chi connectivity index (χ0n) is 23.0. The van der Waals surface area contributed by atoms with E-state index in [4.69, 9.17) is 9.26 Å². The molecule has 0 spiro atoms. The average Bonchev–Trinajstić information content (AvgIpc) is 3.00. The number of benzene rings is 3. The van der Waals surface area contributed by atoms with Gasteiger partial charge in [0, 0.05) is 9.77 Å². The van der Waals surface area contributed by atoms with Gasteiger partial charge in [-0.2, -0.15) is 0 Å². The smallest absolute Gasteiger partial charge is 0.279 e. The first-order valence-corrected chi connectivity index (χ1v) is 17.1. The minimum Gasteiger partial charge on any atom is -0.405 e. The summed E-state index contributed by atoms with van der Waals surface area (Å²) in [5.74, 6) is -0.668. The Kier molecular flexibility index (Phi) is 9.81. The SMILES string of the molecule is CCCC[Si](OCCON1CCc2cncc(Nc3ccc(I)cc3F)c2C1=O)(c1ccccc1)c1ccccc1. The molecule has 0 radical (unpaired) electrons. The molecule has 0 bridgehead atoms. The topological polar surface area (TPSA) is 63.7 Å². The van der Waals surface area contributed by atoms with Gasteiger partial charge in [-0.15, -0.1) is 0 Å². The van der Waals surface area contributed by atoms with Gasteiger partial charge >= 0.3 is 0 Å². The Morgan fingerprint density at radius 2 is 1.68 bits per heavy atom. The number of nitrogens with zero attached hydrogens (tertiary/aromatic N) is 2. The highest BCUT2D eigenvalue weighted by molar-refractivity contribution is 14.1. The monoisotopic (exact) mass is 681 g/mol. The van der Waals surface area contributed by atoms with E-state index in [0.717, 1.165) is 28.0 Å². The first-order valence-electron chi connectivity index (χ1n) is 13.9. The highest BCUT2D eigenvalue weighted by Gasteiger charge is 2.39. The maximum absolute atomic E-state index is 14.5.